The number of hydrogen-bond donors (Lipinski definition) is 2. The van der Waals surface area contributed by atoms with E-state index in [0.717, 1.165) is 11.2 Å². The Labute approximate surface area is 110 Å². The third-order valence-electron chi connectivity index (χ3n) is 2.21. The molecule has 0 aliphatic heterocycles. The number of nitrogens with two attached hydrogens (primary N) is 1. The fraction of sp³-hybridized carbons (Fsp3) is 0.273. The van der Waals surface area contributed by atoms with E-state index in [-0.39, 0.29) is 11.4 Å². The molecular weight excluding hydrogens is 272 g/mol. The lowest BCUT2D eigenvalue weighted by atomic mass is 10.2. The van der Waals surface area contributed by atoms with E-state index in [0.29, 0.717) is 0 Å². The number of carbonyl (C=O) groups excluding carboxylic acids is 1. The van der Waals surface area contributed by atoms with Crippen LogP contribution in [-0.4, -0.2) is 44.0 Å². The summed E-state index contributed by atoms with van der Waals surface area (Å²) in [7, 11) is -3.55. The second-order valence-corrected chi connectivity index (χ2v) is 6.14. The first-order valence-electron chi connectivity index (χ1n) is 5.25. The molecule has 8 heteroatoms. The summed E-state index contributed by atoms with van der Waals surface area (Å²) in [4.78, 5) is 23.5. The van der Waals surface area contributed by atoms with Crippen molar-refractivity contribution in [3.63, 3.8) is 0 Å². The second kappa shape index (κ2) is 5.70. The Balaban J connectivity index is 3.12. The lowest BCUT2D eigenvalue weighted by molar-refractivity contribution is -0.136. The predicted molar refractivity (Wildman–Crippen MR) is 70.6 cm³/mol. The smallest absolute Gasteiger partial charge is 0.323 e. The van der Waals surface area contributed by atoms with Crippen molar-refractivity contribution in [3.8, 4) is 0 Å². The first-order valence-corrected chi connectivity index (χ1v) is 7.31. The summed E-state index contributed by atoms with van der Waals surface area (Å²) in [6.07, 6.45) is 0.901. The van der Waals surface area contributed by atoms with E-state index in [1.165, 1.54) is 12.1 Å². The van der Waals surface area contributed by atoms with Crippen LogP contribution in [0.3, 0.4) is 0 Å². The summed E-state index contributed by atoms with van der Waals surface area (Å²) in [5.41, 5.74) is 6.04. The molecule has 0 atom stereocenters. The minimum Gasteiger partial charge on any atom is -0.480 e. The standard InChI is InChI=1S/C11H14N2O5S/c1-19(17,18)7-10(14)13(6-11(15)16)9-5-3-2-4-8(9)12/h2-5H,6-7,12H2,1H3,(H,15,16). The third-order valence-corrected chi connectivity index (χ3v) is 2.98. The highest BCUT2D eigenvalue weighted by Crippen LogP contribution is 2.22. The maximum Gasteiger partial charge on any atom is 0.323 e. The minimum absolute atomic E-state index is 0.179. The van der Waals surface area contributed by atoms with Crippen molar-refractivity contribution in [2.24, 2.45) is 0 Å². The molecule has 1 aromatic rings. The van der Waals surface area contributed by atoms with Crippen molar-refractivity contribution >= 4 is 33.1 Å². The summed E-state index contributed by atoms with van der Waals surface area (Å²) in [6.45, 7) is -0.650. The molecule has 3 N–H and O–H groups in total. The molecule has 0 aliphatic rings. The largest absolute Gasteiger partial charge is 0.480 e. The molecule has 0 aromatic heterocycles. The second-order valence-electron chi connectivity index (χ2n) is 4.00. The molecule has 19 heavy (non-hydrogen) atoms. The zero-order chi connectivity index (χ0) is 14.6. The lowest BCUT2D eigenvalue weighted by Gasteiger charge is -2.21. The van der Waals surface area contributed by atoms with Gasteiger partial charge >= 0.3 is 5.97 Å². The Hall–Kier alpha value is -2.09. The first-order chi connectivity index (χ1) is 8.70. The third kappa shape index (κ3) is 4.59. The van der Waals surface area contributed by atoms with Crippen LogP contribution in [0.5, 0.6) is 0 Å². The van der Waals surface area contributed by atoms with Crippen LogP contribution in [0.25, 0.3) is 0 Å². The number of carbonyl (C=O) groups is 2. The number of nitrogens with zero attached hydrogens (tertiary/aromatic N) is 1. The van der Waals surface area contributed by atoms with Gasteiger partial charge in [-0.15, -0.1) is 0 Å². The molecule has 0 spiro atoms. The van der Waals surface area contributed by atoms with Gasteiger partial charge in [0.2, 0.25) is 5.91 Å². The number of benzene rings is 1. The van der Waals surface area contributed by atoms with Gasteiger partial charge in [0.15, 0.2) is 9.84 Å². The number of amides is 1. The highest BCUT2D eigenvalue weighted by atomic mass is 32.2. The van der Waals surface area contributed by atoms with E-state index in [9.17, 15) is 18.0 Å². The van der Waals surface area contributed by atoms with Crippen LogP contribution in [-0.2, 0) is 19.4 Å². The van der Waals surface area contributed by atoms with Crippen molar-refractivity contribution in [2.75, 3.05) is 29.2 Å². The van der Waals surface area contributed by atoms with Crippen molar-refractivity contribution < 1.29 is 23.1 Å². The molecule has 0 fully saturated rings. The van der Waals surface area contributed by atoms with Crippen molar-refractivity contribution in [3.05, 3.63) is 24.3 Å². The fourth-order valence-corrected chi connectivity index (χ4v) is 2.08. The van der Waals surface area contributed by atoms with Crippen LogP contribution in [0, 0.1) is 0 Å². The van der Waals surface area contributed by atoms with Gasteiger partial charge in [0.1, 0.15) is 12.3 Å². The van der Waals surface area contributed by atoms with E-state index >= 15 is 0 Å². The summed E-state index contributed by atoms with van der Waals surface area (Å²) in [5.74, 6) is -2.86. The van der Waals surface area contributed by atoms with Gasteiger partial charge in [0.05, 0.1) is 11.4 Å². The zero-order valence-electron chi connectivity index (χ0n) is 10.2. The monoisotopic (exact) mass is 286 g/mol. The van der Waals surface area contributed by atoms with Gasteiger partial charge in [0.25, 0.3) is 0 Å². The average molecular weight is 286 g/mol. The minimum atomic E-state index is -3.55. The molecule has 7 nitrogen and oxygen atoms in total. The van der Waals surface area contributed by atoms with Gasteiger partial charge < -0.3 is 10.8 Å². The number of para-hydroxylation sites is 2. The fourth-order valence-electron chi connectivity index (χ4n) is 1.48. The number of anilines is 2. The predicted octanol–water partition coefficient (Wildman–Crippen LogP) is -0.269. The molecule has 104 valence electrons. The molecule has 0 bridgehead atoms. The molecular formula is C11H14N2O5S. The molecule has 0 saturated heterocycles. The Morgan fingerprint density at radius 3 is 2.37 bits per heavy atom. The lowest BCUT2D eigenvalue weighted by Crippen LogP contribution is -2.39. The van der Waals surface area contributed by atoms with E-state index in [4.69, 9.17) is 10.8 Å². The number of rotatable bonds is 5. The van der Waals surface area contributed by atoms with Gasteiger partial charge in [0, 0.05) is 6.26 Å². The van der Waals surface area contributed by atoms with Gasteiger partial charge in [-0.2, -0.15) is 0 Å². The van der Waals surface area contributed by atoms with Gasteiger partial charge in [-0.1, -0.05) is 12.1 Å². The highest BCUT2D eigenvalue weighted by molar-refractivity contribution is 7.91. The number of sulfone groups is 1. The van der Waals surface area contributed by atoms with Crippen LogP contribution in [0.4, 0.5) is 11.4 Å². The molecule has 0 saturated carbocycles. The number of hydrogen-bond acceptors (Lipinski definition) is 5. The molecule has 0 unspecified atom stereocenters. The van der Waals surface area contributed by atoms with Crippen LogP contribution >= 0.6 is 0 Å². The van der Waals surface area contributed by atoms with E-state index in [1.807, 2.05) is 0 Å². The van der Waals surface area contributed by atoms with E-state index in [2.05, 4.69) is 0 Å². The van der Waals surface area contributed by atoms with Crippen LogP contribution in [0.1, 0.15) is 0 Å². The Morgan fingerprint density at radius 1 is 1.32 bits per heavy atom. The number of nitrogen functional groups attached to an aromatic ring is 1. The molecule has 1 amide bonds. The Bertz CT molecular complexity index is 597. The maximum absolute atomic E-state index is 11.9. The molecule has 1 rings (SSSR count). The summed E-state index contributed by atoms with van der Waals surface area (Å²) < 4.78 is 22.2. The molecule has 1 aromatic carbocycles. The Kier molecular flexibility index (Phi) is 4.49. The normalized spacial score (nSPS) is 11.0. The van der Waals surface area contributed by atoms with E-state index in [1.54, 1.807) is 12.1 Å². The first kappa shape index (κ1) is 15.0. The van der Waals surface area contributed by atoms with E-state index < -0.39 is 34.0 Å². The van der Waals surface area contributed by atoms with Crippen LogP contribution in [0.15, 0.2) is 24.3 Å². The zero-order valence-corrected chi connectivity index (χ0v) is 11.1. The maximum atomic E-state index is 11.9. The van der Waals surface area contributed by atoms with Crippen molar-refractivity contribution in [1.29, 1.82) is 0 Å². The van der Waals surface area contributed by atoms with Crippen molar-refractivity contribution in [1.82, 2.24) is 0 Å². The summed E-state index contributed by atoms with van der Waals surface area (Å²) >= 11 is 0. The molecule has 0 aliphatic carbocycles. The average Bonchev–Trinajstić information content (AvgIpc) is 2.24. The van der Waals surface area contributed by atoms with Crippen molar-refractivity contribution in [2.45, 2.75) is 0 Å². The van der Waals surface area contributed by atoms with Crippen LogP contribution in [0.2, 0.25) is 0 Å². The molecule has 0 radical (unpaired) electrons. The number of carboxylic acids is 1. The Morgan fingerprint density at radius 2 is 1.89 bits per heavy atom. The quantitative estimate of drug-likeness (QED) is 0.719. The highest BCUT2D eigenvalue weighted by Gasteiger charge is 2.23. The summed E-state index contributed by atoms with van der Waals surface area (Å²) in [6, 6.07) is 6.16. The van der Waals surface area contributed by atoms with Gasteiger partial charge in [-0.3, -0.25) is 14.5 Å². The number of aliphatic carboxylic acids is 1. The van der Waals surface area contributed by atoms with Gasteiger partial charge in [-0.05, 0) is 12.1 Å². The SMILES string of the molecule is CS(=O)(=O)CC(=O)N(CC(=O)O)c1ccccc1N. The topological polar surface area (TPSA) is 118 Å². The number of carboxylic acid groups (broad SMARTS) is 1. The molecule has 0 heterocycles. The summed E-state index contributed by atoms with van der Waals surface area (Å²) in [5, 5.41) is 8.80. The van der Waals surface area contributed by atoms with Crippen LogP contribution < -0.4 is 10.6 Å². The van der Waals surface area contributed by atoms with Gasteiger partial charge in [-0.25, -0.2) is 8.42 Å².